The number of sulfonamides is 1. The van der Waals surface area contributed by atoms with Gasteiger partial charge in [0.05, 0.1) is 17.0 Å². The monoisotopic (exact) mass is 385 g/mol. The second-order valence-electron chi connectivity index (χ2n) is 5.18. The molecule has 2 heterocycles. The van der Waals surface area contributed by atoms with Gasteiger partial charge in [0, 0.05) is 17.6 Å². The van der Waals surface area contributed by atoms with Gasteiger partial charge >= 0.3 is 0 Å². The number of nitrogens with one attached hydrogen (secondary N) is 1. The van der Waals surface area contributed by atoms with E-state index in [1.807, 2.05) is 0 Å². The summed E-state index contributed by atoms with van der Waals surface area (Å²) in [7, 11) is -3.47. The molecular weight excluding hydrogens is 372 g/mol. The average molecular weight is 385 g/mol. The largest absolute Gasteiger partial charge is 0.330 e. The zero-order valence-electron chi connectivity index (χ0n) is 12.7. The first-order chi connectivity index (χ1) is 11.8. The third kappa shape index (κ3) is 4.26. The van der Waals surface area contributed by atoms with Gasteiger partial charge in [0.25, 0.3) is 21.7 Å². The summed E-state index contributed by atoms with van der Waals surface area (Å²) in [5.41, 5.74) is 0.558. The van der Waals surface area contributed by atoms with E-state index in [1.54, 1.807) is 17.0 Å². The van der Waals surface area contributed by atoms with Crippen molar-refractivity contribution >= 4 is 39.2 Å². The van der Waals surface area contributed by atoms with Crippen LogP contribution in [0, 0.1) is 0 Å². The van der Waals surface area contributed by atoms with Crippen molar-refractivity contribution in [3.8, 4) is 0 Å². The predicted octanol–water partition coefficient (Wildman–Crippen LogP) is 2.44. The molecule has 10 heteroatoms. The molecule has 0 atom stereocenters. The molecule has 2 aliphatic rings. The highest BCUT2D eigenvalue weighted by Gasteiger charge is 2.25. The van der Waals surface area contributed by atoms with Crippen LogP contribution < -0.4 is 5.32 Å². The highest BCUT2D eigenvalue weighted by Crippen LogP contribution is 2.32. The van der Waals surface area contributed by atoms with E-state index in [1.165, 1.54) is 30.5 Å². The van der Waals surface area contributed by atoms with Crippen LogP contribution in [0.3, 0.4) is 0 Å². The molecule has 0 spiro atoms. The number of thioether (sulfide) groups is 1. The Balaban J connectivity index is 1.78. The maximum absolute atomic E-state index is 12.6. The topological polar surface area (TPSA) is 78.8 Å². The van der Waals surface area contributed by atoms with Crippen molar-refractivity contribution in [1.82, 2.24) is 4.90 Å². The summed E-state index contributed by atoms with van der Waals surface area (Å²) < 4.78 is 51.8. The van der Waals surface area contributed by atoms with E-state index in [9.17, 15) is 22.0 Å². The fourth-order valence-electron chi connectivity index (χ4n) is 2.30. The fourth-order valence-corrected chi connectivity index (χ4v) is 3.86. The minimum Gasteiger partial charge on any atom is -0.330 e. The number of carbonyl (C=O) groups is 1. The van der Waals surface area contributed by atoms with Crippen LogP contribution >= 0.6 is 11.8 Å². The van der Waals surface area contributed by atoms with Crippen molar-refractivity contribution in [3.63, 3.8) is 0 Å². The summed E-state index contributed by atoms with van der Waals surface area (Å²) in [6.07, 6.45) is 4.37. The van der Waals surface area contributed by atoms with Gasteiger partial charge in [0.1, 0.15) is 5.84 Å². The van der Waals surface area contributed by atoms with Crippen LogP contribution in [0.15, 0.2) is 57.5 Å². The second-order valence-corrected chi connectivity index (χ2v) is 7.96. The standard InChI is InChI=1S/C15H13F2N3O3S2/c16-15(17)24-12-4-2-1-3-11(12)18-14(21)10-5-6-13-19-25(22,23)8-7-20(13)9-10/h1-6,9,15H,7-8H2,(H,18,21). The van der Waals surface area contributed by atoms with Crippen LogP contribution in [0.5, 0.6) is 0 Å². The summed E-state index contributed by atoms with van der Waals surface area (Å²) in [6.45, 7) is 0.195. The van der Waals surface area contributed by atoms with Crippen molar-refractivity contribution in [3.05, 3.63) is 48.2 Å². The Hall–Kier alpha value is -2.20. The number of anilines is 1. The molecule has 132 valence electrons. The van der Waals surface area contributed by atoms with E-state index < -0.39 is 21.7 Å². The highest BCUT2D eigenvalue weighted by molar-refractivity contribution is 7.99. The van der Waals surface area contributed by atoms with Gasteiger partial charge in [0.2, 0.25) is 0 Å². The lowest BCUT2D eigenvalue weighted by Crippen LogP contribution is -2.37. The lowest BCUT2D eigenvalue weighted by atomic mass is 10.1. The van der Waals surface area contributed by atoms with Crippen molar-refractivity contribution in [1.29, 1.82) is 0 Å². The minimum absolute atomic E-state index is 0.135. The third-order valence-corrected chi connectivity index (χ3v) is 5.39. The molecule has 1 aromatic rings. The first-order valence-electron chi connectivity index (χ1n) is 7.18. The van der Waals surface area contributed by atoms with Crippen molar-refractivity contribution in [2.45, 2.75) is 10.7 Å². The van der Waals surface area contributed by atoms with Crippen LogP contribution in [0.2, 0.25) is 0 Å². The van der Waals surface area contributed by atoms with Gasteiger partial charge in [-0.3, -0.25) is 4.79 Å². The first kappa shape index (κ1) is 17.6. The first-order valence-corrected chi connectivity index (χ1v) is 9.67. The number of para-hydroxylation sites is 1. The Morgan fingerprint density at radius 1 is 1.28 bits per heavy atom. The Bertz CT molecular complexity index is 895. The summed E-state index contributed by atoms with van der Waals surface area (Å²) in [5.74, 6) is -2.97. The molecule has 0 aromatic heterocycles. The molecule has 6 nitrogen and oxygen atoms in total. The normalized spacial score (nSPS) is 18.4. The van der Waals surface area contributed by atoms with Crippen molar-refractivity contribution in [2.24, 2.45) is 4.40 Å². The number of amides is 1. The number of hydrogen-bond donors (Lipinski definition) is 1. The van der Waals surface area contributed by atoms with E-state index in [-0.39, 0.29) is 34.3 Å². The Morgan fingerprint density at radius 2 is 2.04 bits per heavy atom. The summed E-state index contributed by atoms with van der Waals surface area (Å²) in [6, 6.07) is 6.28. The number of benzene rings is 1. The Morgan fingerprint density at radius 3 is 2.80 bits per heavy atom. The zero-order valence-corrected chi connectivity index (χ0v) is 14.4. The molecule has 0 bridgehead atoms. The molecular formula is C15H13F2N3O3S2. The van der Waals surface area contributed by atoms with Crippen LogP contribution in [-0.4, -0.2) is 43.1 Å². The van der Waals surface area contributed by atoms with Gasteiger partial charge in [-0.2, -0.15) is 8.78 Å². The van der Waals surface area contributed by atoms with Crippen LogP contribution in [0.25, 0.3) is 0 Å². The van der Waals surface area contributed by atoms with Gasteiger partial charge < -0.3 is 10.2 Å². The number of rotatable bonds is 4. The molecule has 0 fully saturated rings. The van der Waals surface area contributed by atoms with Crippen LogP contribution in [0.4, 0.5) is 14.5 Å². The van der Waals surface area contributed by atoms with Gasteiger partial charge in [0.15, 0.2) is 0 Å². The van der Waals surface area contributed by atoms with Crippen molar-refractivity contribution in [2.75, 3.05) is 17.6 Å². The molecule has 25 heavy (non-hydrogen) atoms. The highest BCUT2D eigenvalue weighted by atomic mass is 32.2. The molecule has 2 aliphatic heterocycles. The number of fused-ring (bicyclic) bond motifs is 1. The van der Waals surface area contributed by atoms with E-state index in [4.69, 9.17) is 0 Å². The molecule has 0 aliphatic carbocycles. The Labute approximate surface area is 147 Å². The molecule has 0 radical (unpaired) electrons. The van der Waals surface area contributed by atoms with E-state index in [0.29, 0.717) is 11.8 Å². The fraction of sp³-hybridized carbons (Fsp3) is 0.200. The quantitative estimate of drug-likeness (QED) is 0.806. The maximum Gasteiger partial charge on any atom is 0.288 e. The third-order valence-electron chi connectivity index (χ3n) is 3.44. The minimum atomic E-state index is -3.47. The molecule has 1 N–H and O–H groups in total. The molecule has 0 saturated carbocycles. The number of carbonyl (C=O) groups excluding carboxylic acids is 1. The number of amidine groups is 1. The van der Waals surface area contributed by atoms with Gasteiger partial charge in [-0.25, -0.2) is 8.42 Å². The maximum atomic E-state index is 12.6. The van der Waals surface area contributed by atoms with Crippen molar-refractivity contribution < 1.29 is 22.0 Å². The average Bonchev–Trinajstić information content (AvgIpc) is 2.55. The second kappa shape index (κ2) is 6.96. The van der Waals surface area contributed by atoms with Gasteiger partial charge in [-0.1, -0.05) is 23.9 Å². The smallest absolute Gasteiger partial charge is 0.288 e. The van der Waals surface area contributed by atoms with E-state index in [0.717, 1.165) is 0 Å². The summed E-state index contributed by atoms with van der Waals surface area (Å²) in [4.78, 5) is 14.2. The number of halogens is 2. The van der Waals surface area contributed by atoms with Crippen LogP contribution in [-0.2, 0) is 14.8 Å². The zero-order chi connectivity index (χ0) is 18.0. The Kier molecular flexibility index (Phi) is 4.91. The molecule has 0 saturated heterocycles. The number of hydrogen-bond acceptors (Lipinski definition) is 5. The lowest BCUT2D eigenvalue weighted by molar-refractivity contribution is -0.112. The predicted molar refractivity (Wildman–Crippen MR) is 92.1 cm³/mol. The molecule has 1 aromatic carbocycles. The molecule has 1 amide bonds. The van der Waals surface area contributed by atoms with Gasteiger partial charge in [-0.15, -0.1) is 4.40 Å². The van der Waals surface area contributed by atoms with E-state index in [2.05, 4.69) is 9.71 Å². The number of alkyl halides is 2. The summed E-state index contributed by atoms with van der Waals surface area (Å²) in [5, 5.41) is 2.60. The summed E-state index contributed by atoms with van der Waals surface area (Å²) >= 11 is 0.350. The van der Waals surface area contributed by atoms with E-state index >= 15 is 0 Å². The SMILES string of the molecule is O=C(Nc1ccccc1SC(F)F)C1=CN2CCS(=O)(=O)N=C2C=C1. The van der Waals surface area contributed by atoms with Crippen LogP contribution in [0.1, 0.15) is 0 Å². The lowest BCUT2D eigenvalue weighted by Gasteiger charge is -2.27. The number of nitrogens with zero attached hydrogens (tertiary/aromatic N) is 2. The molecule has 0 unspecified atom stereocenters. The molecule has 3 rings (SSSR count). The van der Waals surface area contributed by atoms with Gasteiger partial charge in [-0.05, 0) is 24.3 Å².